The largest absolute Gasteiger partial charge is 0.543 e. The van der Waals surface area contributed by atoms with Gasteiger partial charge in [0.1, 0.15) is 5.75 Å². The summed E-state index contributed by atoms with van der Waals surface area (Å²) in [6, 6.07) is 27.7. The molecule has 5 rings (SSSR count). The van der Waals surface area contributed by atoms with Gasteiger partial charge in [0.05, 0.1) is 12.7 Å². The molecule has 5 heteroatoms. The van der Waals surface area contributed by atoms with Crippen LogP contribution in [0.15, 0.2) is 72.8 Å². The number of halogens is 1. The summed E-state index contributed by atoms with van der Waals surface area (Å²) in [4.78, 5) is 2.32. The van der Waals surface area contributed by atoms with Crippen LogP contribution in [-0.2, 0) is 6.42 Å². The summed E-state index contributed by atoms with van der Waals surface area (Å²) < 4.78 is 19.6. The second kappa shape index (κ2) is 13.3. The molecule has 3 aromatic rings. The number of likely N-dealkylation sites (tertiary alicyclic amines) is 1. The first-order chi connectivity index (χ1) is 20.2. The van der Waals surface area contributed by atoms with Crippen LogP contribution in [-0.4, -0.2) is 45.6 Å². The van der Waals surface area contributed by atoms with Gasteiger partial charge >= 0.3 is 0 Å². The Morgan fingerprint density at radius 3 is 2.14 bits per heavy atom. The zero-order chi connectivity index (χ0) is 29.9. The molecule has 0 saturated carbocycles. The maximum absolute atomic E-state index is 12.5. The van der Waals surface area contributed by atoms with Gasteiger partial charge in [-0.3, -0.25) is 9.29 Å². The Kier molecular flexibility index (Phi) is 9.79. The first-order valence-corrected chi connectivity index (χ1v) is 18.4. The summed E-state index contributed by atoms with van der Waals surface area (Å²) in [7, 11) is -2.02. The number of fused-ring (bicyclic) bond motifs is 1. The standard InChI is InChI=1S/C37H51FN2OSi/c1-26(2)42(27(3)4,28(5)6)41-34-18-20-36-31(23-34)15-19-35(29-11-8-7-9-12-29)37(36)30-13-16-32(17-14-30)39-33-24-40(25-33)22-10-21-38/h7-9,11-14,16-18,20,23,26-28,33,35,37,39H,10,15,19,21-22,24-25H2,1-6H3/t35-,37+/m1/s1. The van der Waals surface area contributed by atoms with Gasteiger partial charge in [0, 0.05) is 31.2 Å². The Balaban J connectivity index is 1.41. The summed E-state index contributed by atoms with van der Waals surface area (Å²) in [5.41, 5.74) is 8.49. The number of anilines is 1. The van der Waals surface area contributed by atoms with Crippen molar-refractivity contribution < 1.29 is 8.82 Å². The van der Waals surface area contributed by atoms with E-state index < -0.39 is 8.32 Å². The monoisotopic (exact) mass is 586 g/mol. The zero-order valence-corrected chi connectivity index (χ0v) is 27.6. The van der Waals surface area contributed by atoms with E-state index in [1.165, 1.54) is 27.9 Å². The molecule has 0 unspecified atom stereocenters. The third-order valence-electron chi connectivity index (χ3n) is 10.0. The molecule has 1 heterocycles. The minimum Gasteiger partial charge on any atom is -0.543 e. The van der Waals surface area contributed by atoms with Crippen molar-refractivity contribution in [1.29, 1.82) is 0 Å². The van der Waals surface area contributed by atoms with Crippen LogP contribution in [0, 0.1) is 0 Å². The minimum atomic E-state index is -2.02. The molecule has 0 amide bonds. The summed E-state index contributed by atoms with van der Waals surface area (Å²) in [6.07, 6.45) is 2.84. The molecule has 2 atom stereocenters. The smallest absolute Gasteiger partial charge is 0.258 e. The fraction of sp³-hybridized carbons (Fsp3) is 0.514. The number of aryl methyl sites for hydroxylation is 1. The quantitative estimate of drug-likeness (QED) is 0.214. The van der Waals surface area contributed by atoms with Crippen molar-refractivity contribution in [3.63, 3.8) is 0 Å². The van der Waals surface area contributed by atoms with Crippen LogP contribution in [0.3, 0.4) is 0 Å². The van der Waals surface area contributed by atoms with Gasteiger partial charge in [0.2, 0.25) is 0 Å². The number of rotatable bonds is 12. The van der Waals surface area contributed by atoms with Gasteiger partial charge in [-0.05, 0) is 88.3 Å². The van der Waals surface area contributed by atoms with E-state index in [-0.39, 0.29) is 6.67 Å². The van der Waals surface area contributed by atoms with E-state index >= 15 is 0 Å². The minimum absolute atomic E-state index is 0.227. The van der Waals surface area contributed by atoms with Gasteiger partial charge in [0.25, 0.3) is 8.32 Å². The van der Waals surface area contributed by atoms with Crippen molar-refractivity contribution >= 4 is 14.0 Å². The van der Waals surface area contributed by atoms with E-state index in [1.54, 1.807) is 0 Å². The summed E-state index contributed by atoms with van der Waals surface area (Å²) in [5, 5.41) is 3.69. The molecule has 1 aliphatic heterocycles. The molecule has 1 aliphatic carbocycles. The van der Waals surface area contributed by atoms with E-state index in [2.05, 4.69) is 125 Å². The second-order valence-corrected chi connectivity index (χ2v) is 19.0. The Morgan fingerprint density at radius 2 is 1.52 bits per heavy atom. The summed E-state index contributed by atoms with van der Waals surface area (Å²) >= 11 is 0. The van der Waals surface area contributed by atoms with Crippen LogP contribution in [0.2, 0.25) is 16.6 Å². The highest BCUT2D eigenvalue weighted by Gasteiger charge is 2.47. The topological polar surface area (TPSA) is 24.5 Å². The molecule has 0 bridgehead atoms. The van der Waals surface area contributed by atoms with Crippen LogP contribution in [0.25, 0.3) is 0 Å². The van der Waals surface area contributed by atoms with Crippen molar-refractivity contribution in [2.45, 2.75) is 95.3 Å². The van der Waals surface area contributed by atoms with Crippen molar-refractivity contribution in [1.82, 2.24) is 4.90 Å². The lowest BCUT2D eigenvalue weighted by Crippen LogP contribution is -2.54. The summed E-state index contributed by atoms with van der Waals surface area (Å²) in [6.45, 7) is 16.8. The van der Waals surface area contributed by atoms with Gasteiger partial charge in [-0.1, -0.05) is 90.1 Å². The fourth-order valence-electron chi connectivity index (χ4n) is 8.04. The molecule has 3 aromatic carbocycles. The predicted molar refractivity (Wildman–Crippen MR) is 178 cm³/mol. The second-order valence-electron chi connectivity index (χ2n) is 13.6. The van der Waals surface area contributed by atoms with Crippen molar-refractivity contribution in [2.24, 2.45) is 0 Å². The number of alkyl halides is 1. The average molecular weight is 587 g/mol. The number of benzene rings is 3. The number of hydrogen-bond acceptors (Lipinski definition) is 3. The first kappa shape index (κ1) is 30.8. The van der Waals surface area contributed by atoms with Gasteiger partial charge in [0.15, 0.2) is 0 Å². The van der Waals surface area contributed by atoms with Crippen molar-refractivity contribution in [3.8, 4) is 5.75 Å². The molecule has 226 valence electrons. The van der Waals surface area contributed by atoms with Gasteiger partial charge in [-0.2, -0.15) is 0 Å². The third kappa shape index (κ3) is 6.33. The van der Waals surface area contributed by atoms with E-state index in [1.807, 2.05) is 0 Å². The van der Waals surface area contributed by atoms with Gasteiger partial charge in [-0.15, -0.1) is 0 Å². The lowest BCUT2D eigenvalue weighted by Gasteiger charge is -2.42. The molecule has 1 fully saturated rings. The van der Waals surface area contributed by atoms with Crippen LogP contribution in [0.4, 0.5) is 10.1 Å². The van der Waals surface area contributed by atoms with E-state index in [0.717, 1.165) is 38.2 Å². The van der Waals surface area contributed by atoms with Gasteiger partial charge in [-0.25, -0.2) is 0 Å². The highest BCUT2D eigenvalue weighted by Crippen LogP contribution is 2.48. The predicted octanol–water partition coefficient (Wildman–Crippen LogP) is 9.56. The van der Waals surface area contributed by atoms with Crippen molar-refractivity contribution in [2.75, 3.05) is 31.6 Å². The van der Waals surface area contributed by atoms with Crippen LogP contribution in [0.1, 0.15) is 88.5 Å². The maximum atomic E-state index is 12.5. The van der Waals surface area contributed by atoms with Crippen LogP contribution < -0.4 is 9.74 Å². The van der Waals surface area contributed by atoms with E-state index in [4.69, 9.17) is 4.43 Å². The Hall–Kier alpha value is -2.63. The normalized spacial score (nSPS) is 19.7. The number of nitrogens with one attached hydrogen (secondary N) is 1. The molecule has 1 saturated heterocycles. The lowest BCUT2D eigenvalue weighted by atomic mass is 9.69. The lowest BCUT2D eigenvalue weighted by molar-refractivity contribution is 0.155. The molecule has 42 heavy (non-hydrogen) atoms. The highest BCUT2D eigenvalue weighted by atomic mass is 28.4. The molecule has 3 nitrogen and oxygen atoms in total. The Morgan fingerprint density at radius 1 is 0.857 bits per heavy atom. The Labute approximate surface area is 255 Å². The molecular formula is C37H51FN2OSi. The fourth-order valence-corrected chi connectivity index (χ4v) is 13.3. The third-order valence-corrected chi connectivity index (χ3v) is 16.0. The van der Waals surface area contributed by atoms with E-state index in [9.17, 15) is 4.39 Å². The number of nitrogens with zero attached hydrogens (tertiary/aromatic N) is 1. The molecular weight excluding hydrogens is 536 g/mol. The Bertz CT molecular complexity index is 1270. The van der Waals surface area contributed by atoms with Crippen LogP contribution >= 0.6 is 0 Å². The number of hydrogen-bond donors (Lipinski definition) is 1. The molecule has 0 spiro atoms. The highest BCUT2D eigenvalue weighted by molar-refractivity contribution is 6.78. The molecule has 0 aromatic heterocycles. The van der Waals surface area contributed by atoms with Gasteiger partial charge < -0.3 is 9.74 Å². The molecule has 0 radical (unpaired) electrons. The van der Waals surface area contributed by atoms with E-state index in [0.29, 0.717) is 40.9 Å². The first-order valence-electron chi connectivity index (χ1n) is 16.2. The summed E-state index contributed by atoms with van der Waals surface area (Å²) in [5.74, 6) is 1.81. The van der Waals surface area contributed by atoms with Crippen molar-refractivity contribution in [3.05, 3.63) is 95.1 Å². The maximum Gasteiger partial charge on any atom is 0.258 e. The average Bonchev–Trinajstić information content (AvgIpc) is 2.96. The SMILES string of the molecule is CC(C)[Si](Oc1ccc2c(c1)CC[C@H](c1ccccc1)[C@@H]2c1ccc(NC2CN(CCCF)C2)cc1)(C(C)C)C(C)C. The zero-order valence-electron chi connectivity index (χ0n) is 26.6. The molecule has 1 N–H and O–H groups in total. The molecule has 2 aliphatic rings. The van der Waals surface area contributed by atoms with Crippen LogP contribution in [0.5, 0.6) is 5.75 Å².